The van der Waals surface area contributed by atoms with Crippen LogP contribution in [0.3, 0.4) is 0 Å². The van der Waals surface area contributed by atoms with E-state index in [4.69, 9.17) is 16.9 Å². The van der Waals surface area contributed by atoms with Crippen molar-refractivity contribution in [3.63, 3.8) is 0 Å². The van der Waals surface area contributed by atoms with Gasteiger partial charge in [0.25, 0.3) is 5.91 Å². The van der Waals surface area contributed by atoms with Crippen LogP contribution in [0.4, 0.5) is 5.69 Å². The number of anilines is 1. The molecule has 3 nitrogen and oxygen atoms in total. The topological polar surface area (TPSA) is 52.9 Å². The van der Waals surface area contributed by atoms with E-state index in [1.807, 2.05) is 13.0 Å². The highest BCUT2D eigenvalue weighted by molar-refractivity contribution is 9.10. The number of carbonyl (C=O) groups is 1. The second-order valence-corrected chi connectivity index (χ2v) is 5.54. The molecular weight excluding hydrogens is 340 g/mol. The molecule has 0 aliphatic carbocycles. The van der Waals surface area contributed by atoms with E-state index < -0.39 is 0 Å². The fourth-order valence-corrected chi connectivity index (χ4v) is 2.19. The minimum atomic E-state index is -0.300. The van der Waals surface area contributed by atoms with Crippen LogP contribution >= 0.6 is 27.5 Å². The van der Waals surface area contributed by atoms with E-state index in [2.05, 4.69) is 21.2 Å². The quantitative estimate of drug-likeness (QED) is 0.865. The summed E-state index contributed by atoms with van der Waals surface area (Å²) >= 11 is 9.29. The largest absolute Gasteiger partial charge is 0.321 e. The molecule has 0 unspecified atom stereocenters. The zero-order valence-electron chi connectivity index (χ0n) is 10.6. The third kappa shape index (κ3) is 3.19. The number of hydrogen-bond acceptors (Lipinski definition) is 2. The Morgan fingerprint density at radius 1 is 1.30 bits per heavy atom. The predicted octanol–water partition coefficient (Wildman–Crippen LogP) is 4.53. The second-order valence-electron chi connectivity index (χ2n) is 4.22. The highest BCUT2D eigenvalue weighted by Crippen LogP contribution is 2.22. The Bertz CT molecular complexity index is 722. The van der Waals surface area contributed by atoms with Gasteiger partial charge >= 0.3 is 0 Å². The van der Waals surface area contributed by atoms with E-state index in [9.17, 15) is 4.79 Å². The maximum absolute atomic E-state index is 12.1. The number of nitrogens with zero attached hydrogens (tertiary/aromatic N) is 1. The maximum Gasteiger partial charge on any atom is 0.255 e. The smallest absolute Gasteiger partial charge is 0.255 e. The fraction of sp³-hybridized carbons (Fsp3) is 0.0667. The van der Waals surface area contributed by atoms with Crippen LogP contribution in [0.25, 0.3) is 0 Å². The van der Waals surface area contributed by atoms with Crippen molar-refractivity contribution in [3.05, 3.63) is 62.6 Å². The average molecular weight is 350 g/mol. The molecule has 5 heteroatoms. The molecular formula is C15H10BrClN2O. The van der Waals surface area contributed by atoms with E-state index in [0.717, 1.165) is 10.0 Å². The number of amides is 1. The first-order valence-corrected chi connectivity index (χ1v) is 6.95. The molecule has 2 aromatic carbocycles. The Morgan fingerprint density at radius 3 is 2.70 bits per heavy atom. The van der Waals surface area contributed by atoms with Gasteiger partial charge in [-0.15, -0.1) is 0 Å². The van der Waals surface area contributed by atoms with E-state index in [1.165, 1.54) is 0 Å². The van der Waals surface area contributed by atoms with Crippen LogP contribution in [0.15, 0.2) is 40.9 Å². The number of halogens is 2. The Kier molecular flexibility index (Phi) is 4.43. The van der Waals surface area contributed by atoms with Crippen molar-refractivity contribution in [3.8, 4) is 6.07 Å². The van der Waals surface area contributed by atoms with Gasteiger partial charge in [-0.2, -0.15) is 5.26 Å². The van der Waals surface area contributed by atoms with Gasteiger partial charge in [-0.1, -0.05) is 33.6 Å². The van der Waals surface area contributed by atoms with Gasteiger partial charge in [-0.05, 0) is 42.8 Å². The SMILES string of the molecule is Cc1ccc(C(=O)Nc2ccc(Br)cc2C#N)cc1Cl. The molecule has 0 spiro atoms. The van der Waals surface area contributed by atoms with Crippen molar-refractivity contribution >= 4 is 39.1 Å². The number of nitriles is 1. The van der Waals surface area contributed by atoms with Crippen molar-refractivity contribution in [1.29, 1.82) is 5.26 Å². The zero-order valence-corrected chi connectivity index (χ0v) is 12.9. The van der Waals surface area contributed by atoms with Gasteiger partial charge in [0.1, 0.15) is 6.07 Å². The van der Waals surface area contributed by atoms with Gasteiger partial charge in [0, 0.05) is 15.1 Å². The highest BCUT2D eigenvalue weighted by atomic mass is 79.9. The average Bonchev–Trinajstić information content (AvgIpc) is 2.43. The van der Waals surface area contributed by atoms with Gasteiger partial charge in [-0.3, -0.25) is 4.79 Å². The third-order valence-corrected chi connectivity index (χ3v) is 3.68. The van der Waals surface area contributed by atoms with E-state index in [-0.39, 0.29) is 5.91 Å². The van der Waals surface area contributed by atoms with Crippen LogP contribution in [0, 0.1) is 18.3 Å². The monoisotopic (exact) mass is 348 g/mol. The summed E-state index contributed by atoms with van der Waals surface area (Å²) in [6.07, 6.45) is 0. The number of hydrogen-bond donors (Lipinski definition) is 1. The van der Waals surface area contributed by atoms with Crippen LogP contribution in [-0.4, -0.2) is 5.91 Å². The maximum atomic E-state index is 12.1. The highest BCUT2D eigenvalue weighted by Gasteiger charge is 2.10. The molecule has 0 saturated carbocycles. The van der Waals surface area contributed by atoms with Crippen molar-refractivity contribution in [1.82, 2.24) is 0 Å². The Hall–Kier alpha value is -1.83. The molecule has 100 valence electrons. The first-order chi connectivity index (χ1) is 9.51. The lowest BCUT2D eigenvalue weighted by molar-refractivity contribution is 0.102. The third-order valence-electron chi connectivity index (χ3n) is 2.78. The molecule has 0 radical (unpaired) electrons. The summed E-state index contributed by atoms with van der Waals surface area (Å²) in [6, 6.07) is 12.2. The summed E-state index contributed by atoms with van der Waals surface area (Å²) < 4.78 is 0.783. The van der Waals surface area contributed by atoms with Gasteiger partial charge in [0.05, 0.1) is 11.3 Å². The molecule has 20 heavy (non-hydrogen) atoms. The summed E-state index contributed by atoms with van der Waals surface area (Å²) in [5, 5.41) is 12.3. The number of nitrogens with one attached hydrogen (secondary N) is 1. The van der Waals surface area contributed by atoms with Crippen LogP contribution in [0.2, 0.25) is 5.02 Å². The van der Waals surface area contributed by atoms with E-state index in [0.29, 0.717) is 21.8 Å². The van der Waals surface area contributed by atoms with Gasteiger partial charge in [0.15, 0.2) is 0 Å². The predicted molar refractivity (Wildman–Crippen MR) is 83.0 cm³/mol. The van der Waals surface area contributed by atoms with E-state index >= 15 is 0 Å². The molecule has 2 rings (SSSR count). The molecule has 0 saturated heterocycles. The van der Waals surface area contributed by atoms with Gasteiger partial charge in [-0.25, -0.2) is 0 Å². The number of rotatable bonds is 2. The van der Waals surface area contributed by atoms with Crippen molar-refractivity contribution in [2.24, 2.45) is 0 Å². The lowest BCUT2D eigenvalue weighted by atomic mass is 10.1. The summed E-state index contributed by atoms with van der Waals surface area (Å²) in [5.41, 5.74) is 2.22. The number of carbonyl (C=O) groups excluding carboxylic acids is 1. The molecule has 0 aliphatic heterocycles. The summed E-state index contributed by atoms with van der Waals surface area (Å²) in [7, 11) is 0. The lowest BCUT2D eigenvalue weighted by Gasteiger charge is -2.08. The molecule has 0 fully saturated rings. The zero-order chi connectivity index (χ0) is 14.7. The molecule has 0 atom stereocenters. The molecule has 2 aromatic rings. The molecule has 0 heterocycles. The minimum Gasteiger partial charge on any atom is -0.321 e. The molecule has 1 N–H and O–H groups in total. The van der Waals surface area contributed by atoms with Crippen LogP contribution in [0.1, 0.15) is 21.5 Å². The van der Waals surface area contributed by atoms with E-state index in [1.54, 1.807) is 36.4 Å². The molecule has 1 amide bonds. The van der Waals surface area contributed by atoms with Gasteiger partial charge < -0.3 is 5.32 Å². The normalized spacial score (nSPS) is 9.90. The Balaban J connectivity index is 2.28. The number of aryl methyl sites for hydroxylation is 1. The van der Waals surface area contributed by atoms with Crippen LogP contribution in [0.5, 0.6) is 0 Å². The summed E-state index contributed by atoms with van der Waals surface area (Å²) in [6.45, 7) is 1.87. The van der Waals surface area contributed by atoms with Crippen molar-refractivity contribution in [2.45, 2.75) is 6.92 Å². The fourth-order valence-electron chi connectivity index (χ4n) is 1.65. The van der Waals surface area contributed by atoms with Crippen molar-refractivity contribution < 1.29 is 4.79 Å². The first kappa shape index (κ1) is 14.6. The van der Waals surface area contributed by atoms with Crippen LogP contribution in [-0.2, 0) is 0 Å². The summed E-state index contributed by atoms with van der Waals surface area (Å²) in [4.78, 5) is 12.1. The molecule has 0 bridgehead atoms. The Labute approximate surface area is 130 Å². The Morgan fingerprint density at radius 2 is 2.05 bits per heavy atom. The lowest BCUT2D eigenvalue weighted by Crippen LogP contribution is -2.13. The standard InChI is InChI=1S/C15H10BrClN2O/c1-9-2-3-10(7-13(9)17)15(20)19-14-5-4-12(16)6-11(14)8-18/h2-7H,1H3,(H,19,20). The first-order valence-electron chi connectivity index (χ1n) is 5.78. The second kappa shape index (κ2) is 6.08. The minimum absolute atomic E-state index is 0.300. The molecule has 0 aromatic heterocycles. The van der Waals surface area contributed by atoms with Crippen molar-refractivity contribution in [2.75, 3.05) is 5.32 Å². The van der Waals surface area contributed by atoms with Gasteiger partial charge in [0.2, 0.25) is 0 Å². The summed E-state index contributed by atoms with van der Waals surface area (Å²) in [5.74, 6) is -0.300. The number of benzene rings is 2. The molecule has 0 aliphatic rings. The van der Waals surface area contributed by atoms with Crippen LogP contribution < -0.4 is 5.32 Å².